The van der Waals surface area contributed by atoms with Crippen molar-refractivity contribution in [2.45, 2.75) is 18.5 Å². The van der Waals surface area contributed by atoms with Crippen molar-refractivity contribution in [3.8, 4) is 28.3 Å². The van der Waals surface area contributed by atoms with Crippen LogP contribution in [0.3, 0.4) is 0 Å². The summed E-state index contributed by atoms with van der Waals surface area (Å²) >= 11 is 0. The van der Waals surface area contributed by atoms with Gasteiger partial charge >= 0.3 is 6.09 Å². The molecule has 10 heteroatoms. The van der Waals surface area contributed by atoms with Crippen molar-refractivity contribution in [2.24, 2.45) is 7.05 Å². The largest absolute Gasteiger partial charge is 0.465 e. The molecule has 2 atom stereocenters. The summed E-state index contributed by atoms with van der Waals surface area (Å²) in [5.41, 5.74) is 4.87. The maximum absolute atomic E-state index is 11.3. The third-order valence-electron chi connectivity index (χ3n) is 6.56. The second-order valence-electron chi connectivity index (χ2n) is 8.55. The second-order valence-corrected chi connectivity index (χ2v) is 8.55. The molecule has 0 radical (unpaired) electrons. The molecule has 2 aliphatic rings. The highest BCUT2D eigenvalue weighted by Crippen LogP contribution is 2.37. The van der Waals surface area contributed by atoms with Gasteiger partial charge in [0.2, 0.25) is 0 Å². The topological polar surface area (TPSA) is 116 Å². The summed E-state index contributed by atoms with van der Waals surface area (Å²) in [5.74, 6) is 0.846. The van der Waals surface area contributed by atoms with Gasteiger partial charge in [0.1, 0.15) is 11.9 Å². The van der Waals surface area contributed by atoms with E-state index >= 15 is 0 Å². The Bertz CT molecular complexity index is 1420. The number of aromatic nitrogens is 5. The van der Waals surface area contributed by atoms with Gasteiger partial charge in [-0.3, -0.25) is 4.68 Å². The molecule has 1 amide bonds. The smallest absolute Gasteiger partial charge is 0.407 e. The predicted molar refractivity (Wildman–Crippen MR) is 120 cm³/mol. The third-order valence-corrected chi connectivity index (χ3v) is 6.56. The molecule has 1 N–H and O–H groups in total. The van der Waals surface area contributed by atoms with Crippen LogP contribution in [-0.2, 0) is 7.05 Å². The van der Waals surface area contributed by atoms with Crippen molar-refractivity contribution in [1.82, 2.24) is 29.3 Å². The lowest BCUT2D eigenvalue weighted by atomic mass is 9.87. The molecule has 0 spiro atoms. The quantitative estimate of drug-likeness (QED) is 0.521. The monoisotopic (exact) mass is 440 g/mol. The van der Waals surface area contributed by atoms with E-state index in [1.165, 1.54) is 4.90 Å². The van der Waals surface area contributed by atoms with Gasteiger partial charge in [-0.15, -0.1) is 0 Å². The zero-order valence-electron chi connectivity index (χ0n) is 17.8. The van der Waals surface area contributed by atoms with E-state index in [0.717, 1.165) is 40.0 Å². The van der Waals surface area contributed by atoms with Crippen LogP contribution in [0.1, 0.15) is 12.0 Å². The van der Waals surface area contributed by atoms with Gasteiger partial charge in [-0.25, -0.2) is 14.3 Å². The standard InChI is InChI=1S/C23H20N8O2/c1-28-10-17(9-26-28)15-4-20(22-16(6-24)8-27-30(22)11-15)14-2-3-21(25-7-14)31-18-5-19(31)13-29(12-18)23(32)33/h2-4,7-11,18-19H,5,12-13H2,1H3,(H,32,33). The van der Waals surface area contributed by atoms with Crippen LogP contribution in [0.15, 0.2) is 49.2 Å². The maximum Gasteiger partial charge on any atom is 0.407 e. The molecule has 6 rings (SSSR count). The number of rotatable bonds is 3. The molecule has 2 saturated heterocycles. The van der Waals surface area contributed by atoms with Crippen molar-refractivity contribution >= 4 is 17.4 Å². The summed E-state index contributed by atoms with van der Waals surface area (Å²) in [4.78, 5) is 19.7. The van der Waals surface area contributed by atoms with Crippen LogP contribution in [0.4, 0.5) is 10.6 Å². The van der Waals surface area contributed by atoms with Crippen molar-refractivity contribution in [2.75, 3.05) is 18.0 Å². The fourth-order valence-corrected chi connectivity index (χ4v) is 4.99. The Hall–Kier alpha value is -4.39. The lowest BCUT2D eigenvalue weighted by Crippen LogP contribution is -2.69. The minimum Gasteiger partial charge on any atom is -0.465 e. The highest BCUT2D eigenvalue weighted by molar-refractivity contribution is 5.87. The molecule has 4 aromatic rings. The number of carboxylic acid groups (broad SMARTS) is 1. The summed E-state index contributed by atoms with van der Waals surface area (Å²) in [6, 6.07) is 8.57. The zero-order valence-corrected chi connectivity index (χ0v) is 17.8. The number of fused-ring (bicyclic) bond motifs is 3. The highest BCUT2D eigenvalue weighted by atomic mass is 16.4. The Kier molecular flexibility index (Phi) is 4.13. The van der Waals surface area contributed by atoms with Gasteiger partial charge in [-0.2, -0.15) is 15.5 Å². The molecule has 0 saturated carbocycles. The van der Waals surface area contributed by atoms with Gasteiger partial charge in [-0.1, -0.05) is 0 Å². The zero-order chi connectivity index (χ0) is 22.7. The highest BCUT2D eigenvalue weighted by Gasteiger charge is 2.46. The molecule has 164 valence electrons. The number of nitrogens with zero attached hydrogens (tertiary/aromatic N) is 8. The van der Waals surface area contributed by atoms with E-state index in [-0.39, 0.29) is 12.1 Å². The minimum atomic E-state index is -0.862. The lowest BCUT2D eigenvalue weighted by molar-refractivity contribution is 0.0927. The van der Waals surface area contributed by atoms with Crippen LogP contribution < -0.4 is 4.90 Å². The van der Waals surface area contributed by atoms with Gasteiger partial charge in [0.15, 0.2) is 0 Å². The fourth-order valence-electron chi connectivity index (χ4n) is 4.99. The molecule has 0 aromatic carbocycles. The normalized spacial score (nSPS) is 19.4. The van der Waals surface area contributed by atoms with Crippen LogP contribution in [0.2, 0.25) is 0 Å². The molecule has 2 bridgehead atoms. The Morgan fingerprint density at radius 3 is 2.55 bits per heavy atom. The van der Waals surface area contributed by atoms with Gasteiger partial charge in [0.25, 0.3) is 0 Å². The number of piperidine rings is 1. The number of likely N-dealkylation sites (tertiary alicyclic amines) is 1. The molecular weight excluding hydrogens is 420 g/mol. The van der Waals surface area contributed by atoms with Crippen molar-refractivity contribution in [3.05, 3.63) is 54.7 Å². The predicted octanol–water partition coefficient (Wildman–Crippen LogP) is 2.61. The Morgan fingerprint density at radius 1 is 1.09 bits per heavy atom. The molecule has 2 aliphatic heterocycles. The van der Waals surface area contributed by atoms with Gasteiger partial charge in [-0.05, 0) is 24.6 Å². The van der Waals surface area contributed by atoms with Crippen LogP contribution in [0.5, 0.6) is 0 Å². The summed E-state index contributed by atoms with van der Waals surface area (Å²) in [5, 5.41) is 27.5. The number of carbonyl (C=O) groups is 1. The van der Waals surface area contributed by atoms with Crippen LogP contribution in [0.25, 0.3) is 27.8 Å². The van der Waals surface area contributed by atoms with Crippen molar-refractivity contribution < 1.29 is 9.90 Å². The van der Waals surface area contributed by atoms with E-state index in [9.17, 15) is 15.2 Å². The summed E-state index contributed by atoms with van der Waals surface area (Å²) in [6.07, 6.45) is 9.14. The number of amides is 1. The minimum absolute atomic E-state index is 0.166. The Labute approximate surface area is 188 Å². The second kappa shape index (κ2) is 7.06. The number of hydrogen-bond acceptors (Lipinski definition) is 6. The van der Waals surface area contributed by atoms with Crippen molar-refractivity contribution in [3.63, 3.8) is 0 Å². The first-order valence-electron chi connectivity index (χ1n) is 10.6. The van der Waals surface area contributed by atoms with Crippen LogP contribution in [-0.4, -0.2) is 65.7 Å². The molecule has 33 heavy (non-hydrogen) atoms. The van der Waals surface area contributed by atoms with Crippen molar-refractivity contribution in [1.29, 1.82) is 5.26 Å². The molecule has 6 heterocycles. The van der Waals surface area contributed by atoms with E-state index in [1.807, 2.05) is 43.8 Å². The maximum atomic E-state index is 11.3. The number of nitriles is 1. The summed E-state index contributed by atoms with van der Waals surface area (Å²) in [6.45, 7) is 1.01. The average molecular weight is 440 g/mol. The summed E-state index contributed by atoms with van der Waals surface area (Å²) < 4.78 is 3.47. The molecule has 2 fully saturated rings. The molecule has 2 unspecified atom stereocenters. The number of pyridine rings is 2. The van der Waals surface area contributed by atoms with Gasteiger partial charge in [0, 0.05) is 61.0 Å². The molecule has 4 aromatic heterocycles. The summed E-state index contributed by atoms with van der Waals surface area (Å²) in [7, 11) is 1.87. The third kappa shape index (κ3) is 3.01. The van der Waals surface area contributed by atoms with E-state index in [1.54, 1.807) is 21.6 Å². The van der Waals surface area contributed by atoms with Gasteiger partial charge < -0.3 is 14.9 Å². The fraction of sp³-hybridized carbons (Fsp3) is 0.261. The molecule has 10 nitrogen and oxygen atoms in total. The first-order valence-corrected chi connectivity index (χ1v) is 10.6. The molecule has 0 aliphatic carbocycles. The van der Waals surface area contributed by atoms with Crippen LogP contribution >= 0.6 is 0 Å². The molecular formula is C23H20N8O2. The first-order chi connectivity index (χ1) is 16.0. The van der Waals surface area contributed by atoms with E-state index in [4.69, 9.17) is 4.98 Å². The van der Waals surface area contributed by atoms with Crippen LogP contribution in [0, 0.1) is 11.3 Å². The number of hydrogen-bond donors (Lipinski definition) is 1. The number of anilines is 1. The van der Waals surface area contributed by atoms with E-state index in [2.05, 4.69) is 21.2 Å². The Morgan fingerprint density at radius 2 is 1.91 bits per heavy atom. The number of aryl methyl sites for hydroxylation is 1. The average Bonchev–Trinajstić information content (AvgIpc) is 3.45. The van der Waals surface area contributed by atoms with Gasteiger partial charge in [0.05, 0.1) is 35.6 Å². The SMILES string of the molecule is Cn1cc(-c2cc(-c3ccc(N4C5CC4CN(C(=O)O)C5)nc3)c3c(C#N)cnn3c2)cn1. The lowest BCUT2D eigenvalue weighted by Gasteiger charge is -2.56. The van der Waals surface area contributed by atoms with E-state index in [0.29, 0.717) is 18.7 Å². The first kappa shape index (κ1) is 19.3. The number of piperazine rings is 1. The van der Waals surface area contributed by atoms with E-state index < -0.39 is 6.09 Å². The Balaban J connectivity index is 1.38.